The van der Waals surface area contributed by atoms with Gasteiger partial charge >= 0.3 is 12.1 Å². The molecule has 0 spiro atoms. The molecule has 0 aliphatic rings. The third kappa shape index (κ3) is 11.1. The van der Waals surface area contributed by atoms with E-state index >= 15 is 0 Å². The summed E-state index contributed by atoms with van der Waals surface area (Å²) >= 11 is 0. The van der Waals surface area contributed by atoms with Gasteiger partial charge in [-0.15, -0.1) is 0 Å². The highest BCUT2D eigenvalue weighted by Gasteiger charge is 2.36. The van der Waals surface area contributed by atoms with Crippen LogP contribution in [0, 0.1) is 13.8 Å². The van der Waals surface area contributed by atoms with Crippen LogP contribution >= 0.6 is 0 Å². The van der Waals surface area contributed by atoms with Gasteiger partial charge in [-0.1, -0.05) is 56.4 Å². The molecule has 1 aromatic rings. The maximum atomic E-state index is 13.8. The molecule has 2 atom stereocenters. The number of aliphatic hydroxyl groups excluding tert-OH is 1. The molecule has 0 aliphatic carbocycles. The fourth-order valence-electron chi connectivity index (χ4n) is 3.92. The molecule has 0 bridgehead atoms. The molecule has 0 radical (unpaired) electrons. The molecule has 214 valence electrons. The van der Waals surface area contributed by atoms with Gasteiger partial charge in [0.2, 0.25) is 11.8 Å². The van der Waals surface area contributed by atoms with Crippen molar-refractivity contribution in [3.63, 3.8) is 0 Å². The van der Waals surface area contributed by atoms with E-state index in [1.807, 2.05) is 32.0 Å². The summed E-state index contributed by atoms with van der Waals surface area (Å²) in [5.74, 6) is -1.83. The Kier molecular flexibility index (Phi) is 13.8. The lowest BCUT2D eigenvalue weighted by Crippen LogP contribution is -2.55. The summed E-state index contributed by atoms with van der Waals surface area (Å²) in [6, 6.07) is 3.15. The van der Waals surface area contributed by atoms with Gasteiger partial charge < -0.3 is 30.1 Å². The second-order valence-corrected chi connectivity index (χ2v) is 10.4. The van der Waals surface area contributed by atoms with Crippen LogP contribution in [-0.2, 0) is 23.9 Å². The van der Waals surface area contributed by atoms with Gasteiger partial charge in [0, 0.05) is 6.54 Å². The van der Waals surface area contributed by atoms with Crippen molar-refractivity contribution in [2.75, 3.05) is 26.8 Å². The van der Waals surface area contributed by atoms with E-state index in [0.29, 0.717) is 12.0 Å². The molecule has 38 heavy (non-hydrogen) atoms. The minimum absolute atomic E-state index is 0.207. The van der Waals surface area contributed by atoms with Crippen molar-refractivity contribution in [3.05, 3.63) is 34.9 Å². The fraction of sp³-hybridized carbons (Fsp3) is 0.643. The number of amides is 3. The highest BCUT2D eigenvalue weighted by Crippen LogP contribution is 2.27. The quantitative estimate of drug-likeness (QED) is 0.246. The number of nitrogens with one attached hydrogen (secondary N) is 2. The molecule has 10 nitrogen and oxygen atoms in total. The second-order valence-electron chi connectivity index (χ2n) is 10.4. The van der Waals surface area contributed by atoms with E-state index in [-0.39, 0.29) is 13.1 Å². The van der Waals surface area contributed by atoms with Crippen molar-refractivity contribution >= 4 is 23.9 Å². The largest absolute Gasteiger partial charge is 0.468 e. The zero-order chi connectivity index (χ0) is 28.9. The van der Waals surface area contributed by atoms with E-state index in [4.69, 9.17) is 4.74 Å². The summed E-state index contributed by atoms with van der Waals surface area (Å²) in [4.78, 5) is 52.9. The number of hydrogen-bond donors (Lipinski definition) is 3. The zero-order valence-corrected chi connectivity index (χ0v) is 23.9. The molecule has 1 aromatic carbocycles. The van der Waals surface area contributed by atoms with Crippen LogP contribution in [0.3, 0.4) is 0 Å². The highest BCUT2D eigenvalue weighted by molar-refractivity contribution is 5.93. The number of unbranched alkanes of at least 4 members (excludes halogenated alkanes) is 4. The number of hydrogen-bond acceptors (Lipinski definition) is 7. The van der Waals surface area contributed by atoms with Gasteiger partial charge in [0.15, 0.2) is 0 Å². The summed E-state index contributed by atoms with van der Waals surface area (Å²) in [5, 5.41) is 15.1. The summed E-state index contributed by atoms with van der Waals surface area (Å²) in [5.41, 5.74) is 1.44. The molecule has 0 saturated carbocycles. The van der Waals surface area contributed by atoms with Crippen LogP contribution in [0.25, 0.3) is 0 Å². The number of nitrogens with zero attached hydrogens (tertiary/aromatic N) is 1. The Labute approximate surface area is 226 Å². The number of aryl methyl sites for hydroxylation is 2. The molecule has 0 aliphatic heterocycles. The number of alkyl carbamates (subject to hydrolysis) is 1. The summed E-state index contributed by atoms with van der Waals surface area (Å²) in [7, 11) is 1.22. The minimum atomic E-state index is -1.33. The van der Waals surface area contributed by atoms with Crippen LogP contribution in [-0.4, -0.2) is 72.3 Å². The number of benzene rings is 1. The Morgan fingerprint density at radius 2 is 1.71 bits per heavy atom. The fourth-order valence-corrected chi connectivity index (χ4v) is 3.92. The Morgan fingerprint density at radius 1 is 1.05 bits per heavy atom. The Balaban J connectivity index is 3.45. The zero-order valence-electron chi connectivity index (χ0n) is 23.9. The van der Waals surface area contributed by atoms with Gasteiger partial charge in [-0.3, -0.25) is 14.4 Å². The predicted octanol–water partition coefficient (Wildman–Crippen LogP) is 3.32. The third-order valence-corrected chi connectivity index (χ3v) is 5.88. The van der Waals surface area contributed by atoms with Crippen molar-refractivity contribution in [1.29, 1.82) is 0 Å². The smallest absolute Gasteiger partial charge is 0.408 e. The Bertz CT molecular complexity index is 943. The van der Waals surface area contributed by atoms with E-state index in [1.54, 1.807) is 20.8 Å². The van der Waals surface area contributed by atoms with Crippen LogP contribution in [0.5, 0.6) is 0 Å². The monoisotopic (exact) mass is 535 g/mol. The van der Waals surface area contributed by atoms with E-state index in [2.05, 4.69) is 22.3 Å². The van der Waals surface area contributed by atoms with Crippen molar-refractivity contribution < 1.29 is 33.8 Å². The third-order valence-electron chi connectivity index (χ3n) is 5.88. The Hall–Kier alpha value is -3.14. The number of esters is 1. The number of aliphatic hydroxyl groups is 1. The van der Waals surface area contributed by atoms with Gasteiger partial charge in [0.1, 0.15) is 24.2 Å². The van der Waals surface area contributed by atoms with Crippen molar-refractivity contribution in [2.45, 2.75) is 91.3 Å². The van der Waals surface area contributed by atoms with Crippen molar-refractivity contribution in [2.24, 2.45) is 0 Å². The van der Waals surface area contributed by atoms with Crippen LogP contribution in [0.1, 0.15) is 82.5 Å². The first-order valence-electron chi connectivity index (χ1n) is 13.2. The summed E-state index contributed by atoms with van der Waals surface area (Å²) in [6.07, 6.45) is 3.67. The first-order chi connectivity index (χ1) is 17.8. The Morgan fingerprint density at radius 3 is 2.29 bits per heavy atom. The molecule has 3 amide bonds. The van der Waals surface area contributed by atoms with Gasteiger partial charge in [-0.25, -0.2) is 4.79 Å². The molecular formula is C28H45N3O7. The predicted molar refractivity (Wildman–Crippen MR) is 144 cm³/mol. The standard InChI is InChI=1S/C28H45N3O7/c1-8-9-10-11-12-15-31(26(35)22(18-32)30-27(36)38-28(4,5)6)24(25(34)29-17-23(33)37-7)21-16-19(2)13-14-20(21)3/h13-14,16,22,24,32H,8-12,15,17-18H2,1-7H3,(H,29,34)(H,30,36). The van der Waals surface area contributed by atoms with Crippen LogP contribution in [0.15, 0.2) is 18.2 Å². The number of methoxy groups -OCH3 is 1. The SMILES string of the molecule is CCCCCCCN(C(=O)C(CO)NC(=O)OC(C)(C)C)C(C(=O)NCC(=O)OC)c1cc(C)ccc1C. The average Bonchev–Trinajstić information content (AvgIpc) is 2.85. The van der Waals surface area contributed by atoms with E-state index in [9.17, 15) is 24.3 Å². The van der Waals surface area contributed by atoms with Crippen LogP contribution < -0.4 is 10.6 Å². The first-order valence-corrected chi connectivity index (χ1v) is 13.2. The van der Waals surface area contributed by atoms with E-state index < -0.39 is 48.2 Å². The molecule has 0 aromatic heterocycles. The first kappa shape index (κ1) is 32.9. The van der Waals surface area contributed by atoms with Crippen molar-refractivity contribution in [1.82, 2.24) is 15.5 Å². The molecule has 0 fully saturated rings. The molecule has 1 rings (SSSR count). The number of carbonyl (C=O) groups is 4. The average molecular weight is 536 g/mol. The van der Waals surface area contributed by atoms with Crippen LogP contribution in [0.4, 0.5) is 4.79 Å². The van der Waals surface area contributed by atoms with Crippen LogP contribution in [0.2, 0.25) is 0 Å². The lowest BCUT2D eigenvalue weighted by Gasteiger charge is -2.35. The molecular weight excluding hydrogens is 490 g/mol. The maximum absolute atomic E-state index is 13.8. The normalized spacial score (nSPS) is 12.7. The van der Waals surface area contributed by atoms with E-state index in [0.717, 1.165) is 36.8 Å². The molecule has 3 N–H and O–H groups in total. The number of rotatable bonds is 14. The van der Waals surface area contributed by atoms with Gasteiger partial charge in [0.05, 0.1) is 13.7 Å². The molecule has 10 heteroatoms. The highest BCUT2D eigenvalue weighted by atomic mass is 16.6. The van der Waals surface area contributed by atoms with Crippen molar-refractivity contribution in [3.8, 4) is 0 Å². The summed E-state index contributed by atoms with van der Waals surface area (Å²) < 4.78 is 9.92. The van der Waals surface area contributed by atoms with Gasteiger partial charge in [-0.05, 0) is 52.2 Å². The second kappa shape index (κ2) is 16.0. The van der Waals surface area contributed by atoms with Gasteiger partial charge in [-0.2, -0.15) is 0 Å². The lowest BCUT2D eigenvalue weighted by atomic mass is 9.95. The number of carbonyl (C=O) groups excluding carboxylic acids is 4. The topological polar surface area (TPSA) is 134 Å². The van der Waals surface area contributed by atoms with E-state index in [1.165, 1.54) is 12.0 Å². The lowest BCUT2D eigenvalue weighted by molar-refractivity contribution is -0.145. The molecule has 2 unspecified atom stereocenters. The maximum Gasteiger partial charge on any atom is 0.408 e. The summed E-state index contributed by atoms with van der Waals surface area (Å²) in [6.45, 7) is 10.0. The molecule has 0 heterocycles. The number of ether oxygens (including phenoxy) is 2. The minimum Gasteiger partial charge on any atom is -0.468 e. The molecule has 0 saturated heterocycles. The van der Waals surface area contributed by atoms with Gasteiger partial charge in [0.25, 0.3) is 0 Å².